The molecule has 1 atom stereocenters. The van der Waals surface area contributed by atoms with Crippen LogP contribution in [0.1, 0.15) is 51.5 Å². The molecular formula is C22H19F3N8O. The molecule has 1 amide bonds. The van der Waals surface area contributed by atoms with E-state index in [2.05, 4.69) is 30.5 Å². The van der Waals surface area contributed by atoms with Crippen LogP contribution < -0.4 is 5.73 Å². The van der Waals surface area contributed by atoms with Crippen molar-refractivity contribution in [1.82, 2.24) is 35.2 Å². The standard InChI is InChI=1S/C22H19F3N8O/c1-11-4-5-17(28-8-11)15-6-14(33-21(22(23,24)25)30-31-32-33)7-16(20(26)34)19(15)13(3)18-10-27-12(2)9-29-18/h4-10,13H,1-3H3,(H2,26,34)/t13-/m1/s1. The van der Waals surface area contributed by atoms with Crippen molar-refractivity contribution in [3.8, 4) is 16.9 Å². The molecule has 0 aliphatic rings. The highest BCUT2D eigenvalue weighted by atomic mass is 19.4. The summed E-state index contributed by atoms with van der Waals surface area (Å²) < 4.78 is 40.9. The Morgan fingerprint density at radius 2 is 1.82 bits per heavy atom. The second kappa shape index (κ2) is 8.61. The van der Waals surface area contributed by atoms with Crippen LogP contribution in [0.2, 0.25) is 0 Å². The van der Waals surface area contributed by atoms with Crippen molar-refractivity contribution < 1.29 is 18.0 Å². The third-order valence-electron chi connectivity index (χ3n) is 5.26. The number of hydrogen-bond donors (Lipinski definition) is 1. The summed E-state index contributed by atoms with van der Waals surface area (Å²) in [5.74, 6) is -2.66. The number of pyridine rings is 1. The van der Waals surface area contributed by atoms with Crippen LogP contribution in [0.15, 0.2) is 42.9 Å². The average Bonchev–Trinajstić information content (AvgIpc) is 3.29. The Kier molecular flexibility index (Phi) is 5.82. The first-order valence-electron chi connectivity index (χ1n) is 10.1. The third-order valence-corrected chi connectivity index (χ3v) is 5.26. The minimum absolute atomic E-state index is 0.00613. The number of nitrogens with two attached hydrogens (primary N) is 1. The predicted octanol–water partition coefficient (Wildman–Crippen LogP) is 3.40. The summed E-state index contributed by atoms with van der Waals surface area (Å²) in [7, 11) is 0. The monoisotopic (exact) mass is 468 g/mol. The summed E-state index contributed by atoms with van der Waals surface area (Å²) in [5.41, 5.74) is 9.01. The molecule has 9 nitrogen and oxygen atoms in total. The number of rotatable bonds is 5. The summed E-state index contributed by atoms with van der Waals surface area (Å²) >= 11 is 0. The summed E-state index contributed by atoms with van der Waals surface area (Å²) in [5, 5.41) is 9.74. The number of alkyl halides is 3. The molecule has 1 aromatic carbocycles. The lowest BCUT2D eigenvalue weighted by molar-refractivity contribution is -0.146. The maximum atomic E-state index is 13.5. The molecule has 4 aromatic rings. The smallest absolute Gasteiger partial charge is 0.366 e. The summed E-state index contributed by atoms with van der Waals surface area (Å²) in [4.78, 5) is 25.6. The average molecular weight is 468 g/mol. The number of halogens is 3. The van der Waals surface area contributed by atoms with Gasteiger partial charge in [-0.25, -0.2) is 0 Å². The molecule has 2 N–H and O–H groups in total. The maximum Gasteiger partial charge on any atom is 0.453 e. The highest BCUT2D eigenvalue weighted by Crippen LogP contribution is 2.37. The first kappa shape index (κ1) is 23.0. The molecule has 0 saturated carbocycles. The zero-order chi connectivity index (χ0) is 24.6. The largest absolute Gasteiger partial charge is 0.453 e. The van der Waals surface area contributed by atoms with E-state index in [1.54, 1.807) is 44.6 Å². The van der Waals surface area contributed by atoms with Gasteiger partial charge in [0.15, 0.2) is 0 Å². The van der Waals surface area contributed by atoms with Crippen molar-refractivity contribution in [3.63, 3.8) is 0 Å². The lowest BCUT2D eigenvalue weighted by Gasteiger charge is -2.21. The van der Waals surface area contributed by atoms with Gasteiger partial charge in [-0.05, 0) is 53.6 Å². The van der Waals surface area contributed by atoms with E-state index in [1.165, 1.54) is 12.1 Å². The van der Waals surface area contributed by atoms with Crippen molar-refractivity contribution in [2.75, 3.05) is 0 Å². The fourth-order valence-corrected chi connectivity index (χ4v) is 3.58. The number of amides is 1. The number of benzene rings is 1. The van der Waals surface area contributed by atoms with Gasteiger partial charge in [-0.15, -0.1) is 5.10 Å². The zero-order valence-corrected chi connectivity index (χ0v) is 18.4. The Morgan fingerprint density at radius 3 is 2.41 bits per heavy atom. The fraction of sp³-hybridized carbons (Fsp3) is 0.227. The van der Waals surface area contributed by atoms with Gasteiger partial charge in [0, 0.05) is 35.6 Å². The van der Waals surface area contributed by atoms with E-state index in [1.807, 2.05) is 6.92 Å². The molecule has 4 rings (SSSR count). The molecule has 0 aliphatic carbocycles. The van der Waals surface area contributed by atoms with Gasteiger partial charge in [0.05, 0.1) is 22.8 Å². The van der Waals surface area contributed by atoms with E-state index in [0.717, 1.165) is 5.56 Å². The first-order chi connectivity index (χ1) is 16.1. The molecule has 0 spiro atoms. The van der Waals surface area contributed by atoms with E-state index in [-0.39, 0.29) is 11.3 Å². The van der Waals surface area contributed by atoms with Crippen LogP contribution in [0, 0.1) is 13.8 Å². The number of hydrogen-bond acceptors (Lipinski definition) is 7. The van der Waals surface area contributed by atoms with Gasteiger partial charge in [0.1, 0.15) is 0 Å². The summed E-state index contributed by atoms with van der Waals surface area (Å²) in [6.45, 7) is 5.44. The Labute approximate surface area is 191 Å². The molecule has 174 valence electrons. The Hall–Kier alpha value is -4.22. The summed E-state index contributed by atoms with van der Waals surface area (Å²) in [6.07, 6.45) is -0.0366. The zero-order valence-electron chi connectivity index (χ0n) is 18.4. The first-order valence-corrected chi connectivity index (χ1v) is 10.1. The highest BCUT2D eigenvalue weighted by molar-refractivity contribution is 5.97. The molecule has 3 aromatic heterocycles. The number of carbonyl (C=O) groups is 1. The molecule has 0 fully saturated rings. The maximum absolute atomic E-state index is 13.5. The van der Waals surface area contributed by atoms with E-state index in [9.17, 15) is 18.0 Å². The van der Waals surface area contributed by atoms with E-state index in [0.29, 0.717) is 32.9 Å². The van der Waals surface area contributed by atoms with Gasteiger partial charge in [-0.1, -0.05) is 13.0 Å². The number of nitrogens with zero attached hydrogens (tertiary/aromatic N) is 7. The van der Waals surface area contributed by atoms with Crippen LogP contribution in [0.3, 0.4) is 0 Å². The minimum Gasteiger partial charge on any atom is -0.366 e. The number of carbonyl (C=O) groups excluding carboxylic acids is 1. The van der Waals surface area contributed by atoms with Crippen LogP contribution >= 0.6 is 0 Å². The van der Waals surface area contributed by atoms with Crippen LogP contribution in [-0.2, 0) is 6.18 Å². The molecule has 0 aliphatic heterocycles. The SMILES string of the molecule is Cc1ccc(-c2cc(-n3nnnc3C(F)(F)F)cc(C(N)=O)c2[C@H](C)c2cnc(C)cn2)nc1. The molecule has 0 saturated heterocycles. The van der Waals surface area contributed by atoms with Gasteiger partial charge in [0.25, 0.3) is 5.82 Å². The van der Waals surface area contributed by atoms with E-state index < -0.39 is 23.8 Å². The predicted molar refractivity (Wildman–Crippen MR) is 115 cm³/mol. The molecule has 0 unspecified atom stereocenters. The Morgan fingerprint density at radius 1 is 1.06 bits per heavy atom. The molecule has 0 radical (unpaired) electrons. The molecular weight excluding hydrogens is 449 g/mol. The number of primary amides is 1. The van der Waals surface area contributed by atoms with Gasteiger partial charge < -0.3 is 5.73 Å². The van der Waals surface area contributed by atoms with Crippen molar-refractivity contribution >= 4 is 5.91 Å². The van der Waals surface area contributed by atoms with Crippen LogP contribution in [0.4, 0.5) is 13.2 Å². The quantitative estimate of drug-likeness (QED) is 0.476. The Balaban J connectivity index is 2.02. The third kappa shape index (κ3) is 4.34. The minimum atomic E-state index is -4.82. The lowest BCUT2D eigenvalue weighted by Crippen LogP contribution is -2.20. The molecule has 3 heterocycles. The Bertz CT molecular complexity index is 1350. The topological polar surface area (TPSA) is 125 Å². The second-order valence-electron chi connectivity index (χ2n) is 7.76. The van der Waals surface area contributed by atoms with E-state index >= 15 is 0 Å². The molecule has 0 bridgehead atoms. The van der Waals surface area contributed by atoms with Gasteiger partial charge in [-0.2, -0.15) is 17.9 Å². The number of aryl methyl sites for hydroxylation is 2. The number of tetrazole rings is 1. The highest BCUT2D eigenvalue weighted by Gasteiger charge is 2.39. The molecule has 34 heavy (non-hydrogen) atoms. The van der Waals surface area contributed by atoms with Gasteiger partial charge in [0.2, 0.25) is 5.91 Å². The molecule has 12 heteroatoms. The normalized spacial score (nSPS) is 12.5. The lowest BCUT2D eigenvalue weighted by atomic mass is 9.86. The number of aromatic nitrogens is 7. The van der Waals surface area contributed by atoms with Gasteiger partial charge in [-0.3, -0.25) is 19.7 Å². The summed E-state index contributed by atoms with van der Waals surface area (Å²) in [6, 6.07) is 6.19. The van der Waals surface area contributed by atoms with Crippen molar-refractivity contribution in [3.05, 3.63) is 76.8 Å². The fourth-order valence-electron chi connectivity index (χ4n) is 3.58. The van der Waals surface area contributed by atoms with Gasteiger partial charge >= 0.3 is 6.18 Å². The van der Waals surface area contributed by atoms with Crippen LogP contribution in [-0.4, -0.2) is 41.1 Å². The van der Waals surface area contributed by atoms with Crippen molar-refractivity contribution in [1.29, 1.82) is 0 Å². The second-order valence-corrected chi connectivity index (χ2v) is 7.76. The van der Waals surface area contributed by atoms with Crippen molar-refractivity contribution in [2.45, 2.75) is 32.9 Å². The van der Waals surface area contributed by atoms with E-state index in [4.69, 9.17) is 5.73 Å². The van der Waals surface area contributed by atoms with Crippen LogP contribution in [0.25, 0.3) is 16.9 Å². The van der Waals surface area contributed by atoms with Crippen LogP contribution in [0.5, 0.6) is 0 Å². The van der Waals surface area contributed by atoms with Crippen molar-refractivity contribution in [2.24, 2.45) is 5.73 Å².